The number of amides is 1. The summed E-state index contributed by atoms with van der Waals surface area (Å²) in [4.78, 5) is 12.6. The lowest BCUT2D eigenvalue weighted by atomic mass is 10.2. The molecule has 0 radical (unpaired) electrons. The molecule has 1 heterocycles. The first-order chi connectivity index (χ1) is 9.63. The summed E-state index contributed by atoms with van der Waals surface area (Å²) >= 11 is 4.91. The number of hydrazone groups is 1. The first-order valence-electron chi connectivity index (χ1n) is 6.00. The lowest BCUT2D eigenvalue weighted by Crippen LogP contribution is -2.25. The summed E-state index contributed by atoms with van der Waals surface area (Å²) in [5.41, 5.74) is 4.58. The number of hydrogen-bond donors (Lipinski definition) is 2. The third kappa shape index (κ3) is 4.79. The maximum Gasteiger partial charge on any atom is 0.259 e. The Morgan fingerprint density at radius 3 is 2.80 bits per heavy atom. The van der Waals surface area contributed by atoms with Crippen LogP contribution in [0.3, 0.4) is 0 Å². The van der Waals surface area contributed by atoms with Crippen LogP contribution in [0.4, 0.5) is 5.69 Å². The largest absolute Gasteiger partial charge is 0.376 e. The molecule has 2 N–H and O–H groups in total. The fraction of sp³-hybridized carbons (Fsp3) is 0.143. The summed E-state index contributed by atoms with van der Waals surface area (Å²) in [6, 6.07) is 9.80. The number of aryl methyl sites for hydroxylation is 1. The normalized spacial score (nSPS) is 10.7. The molecule has 0 aliphatic carbocycles. The first-order valence-corrected chi connectivity index (χ1v) is 7.67. The van der Waals surface area contributed by atoms with Gasteiger partial charge in [0, 0.05) is 20.4 Å². The lowest BCUT2D eigenvalue weighted by molar-refractivity contribution is -0.119. The van der Waals surface area contributed by atoms with Gasteiger partial charge in [0.1, 0.15) is 0 Å². The van der Waals surface area contributed by atoms with E-state index in [-0.39, 0.29) is 12.5 Å². The number of thiophene rings is 1. The van der Waals surface area contributed by atoms with Crippen LogP contribution in [0.5, 0.6) is 0 Å². The molecule has 2 rings (SSSR count). The molecule has 0 aliphatic rings. The van der Waals surface area contributed by atoms with Crippen molar-refractivity contribution >= 4 is 45.1 Å². The molecule has 4 nitrogen and oxygen atoms in total. The van der Waals surface area contributed by atoms with Gasteiger partial charge >= 0.3 is 0 Å². The van der Waals surface area contributed by atoms with Gasteiger partial charge in [0.25, 0.3) is 5.91 Å². The second-order valence-electron chi connectivity index (χ2n) is 4.18. The molecule has 2 aromatic rings. The van der Waals surface area contributed by atoms with Crippen molar-refractivity contribution < 1.29 is 4.79 Å². The van der Waals surface area contributed by atoms with Gasteiger partial charge in [-0.3, -0.25) is 4.79 Å². The second kappa shape index (κ2) is 7.21. The van der Waals surface area contributed by atoms with Crippen LogP contribution >= 0.6 is 27.3 Å². The molecule has 0 bridgehead atoms. The van der Waals surface area contributed by atoms with Crippen LogP contribution in [-0.4, -0.2) is 18.7 Å². The van der Waals surface area contributed by atoms with Crippen LogP contribution < -0.4 is 10.7 Å². The minimum atomic E-state index is -0.183. The summed E-state index contributed by atoms with van der Waals surface area (Å²) < 4.78 is 1.01. The van der Waals surface area contributed by atoms with Crippen LogP contribution in [0.15, 0.2) is 45.3 Å². The number of benzene rings is 1. The van der Waals surface area contributed by atoms with E-state index in [1.807, 2.05) is 42.6 Å². The zero-order valence-electron chi connectivity index (χ0n) is 10.9. The average molecular weight is 352 g/mol. The van der Waals surface area contributed by atoms with Crippen LogP contribution in [0.25, 0.3) is 0 Å². The van der Waals surface area contributed by atoms with E-state index in [4.69, 9.17) is 0 Å². The van der Waals surface area contributed by atoms with E-state index in [1.165, 1.54) is 5.56 Å². The van der Waals surface area contributed by atoms with Crippen molar-refractivity contribution in [1.82, 2.24) is 5.43 Å². The van der Waals surface area contributed by atoms with Gasteiger partial charge in [-0.15, -0.1) is 11.3 Å². The van der Waals surface area contributed by atoms with Gasteiger partial charge in [-0.1, -0.05) is 17.7 Å². The highest BCUT2D eigenvalue weighted by molar-refractivity contribution is 9.10. The van der Waals surface area contributed by atoms with Gasteiger partial charge in [0.05, 0.1) is 12.8 Å². The molecule has 104 valence electrons. The van der Waals surface area contributed by atoms with Gasteiger partial charge in [-0.2, -0.15) is 5.10 Å². The Morgan fingerprint density at radius 1 is 1.40 bits per heavy atom. The standard InChI is InChI=1S/C14H14BrN3OS/c1-10-2-4-12(5-3-10)16-8-14(19)18-17-7-13-6-11(15)9-20-13/h2-7,9,16H,8H2,1H3,(H,18,19). The predicted molar refractivity (Wildman–Crippen MR) is 87.4 cm³/mol. The molecule has 1 amide bonds. The molecule has 0 aliphatic heterocycles. The van der Waals surface area contributed by atoms with Gasteiger partial charge < -0.3 is 5.32 Å². The molecule has 0 unspecified atom stereocenters. The number of anilines is 1. The molecule has 0 fully saturated rings. The number of hydrogen-bond acceptors (Lipinski definition) is 4. The quantitative estimate of drug-likeness (QED) is 0.640. The number of nitrogens with one attached hydrogen (secondary N) is 2. The number of nitrogens with zero attached hydrogens (tertiary/aromatic N) is 1. The SMILES string of the molecule is Cc1ccc(NCC(=O)NN=Cc2cc(Br)cs2)cc1. The van der Waals surface area contributed by atoms with E-state index in [1.54, 1.807) is 17.6 Å². The molecular formula is C14H14BrN3OS. The molecule has 0 saturated carbocycles. The maximum atomic E-state index is 11.6. The van der Waals surface area contributed by atoms with Gasteiger partial charge in [0.2, 0.25) is 0 Å². The Hall–Kier alpha value is -1.66. The molecule has 0 spiro atoms. The van der Waals surface area contributed by atoms with Crippen molar-refractivity contribution in [1.29, 1.82) is 0 Å². The Balaban J connectivity index is 1.75. The van der Waals surface area contributed by atoms with E-state index in [9.17, 15) is 4.79 Å². The highest BCUT2D eigenvalue weighted by atomic mass is 79.9. The minimum absolute atomic E-state index is 0.183. The number of halogens is 1. The molecule has 1 aromatic carbocycles. The summed E-state index contributed by atoms with van der Waals surface area (Å²) in [5, 5.41) is 8.90. The van der Waals surface area contributed by atoms with E-state index >= 15 is 0 Å². The van der Waals surface area contributed by atoms with Crippen molar-refractivity contribution in [2.24, 2.45) is 5.10 Å². The molecular weight excluding hydrogens is 338 g/mol. The molecule has 0 saturated heterocycles. The highest BCUT2D eigenvalue weighted by Gasteiger charge is 1.99. The second-order valence-corrected chi connectivity index (χ2v) is 6.04. The van der Waals surface area contributed by atoms with Crippen LogP contribution in [0.1, 0.15) is 10.4 Å². The Morgan fingerprint density at radius 2 is 2.15 bits per heavy atom. The van der Waals surface area contributed by atoms with E-state index < -0.39 is 0 Å². The van der Waals surface area contributed by atoms with Crippen molar-refractivity contribution in [3.63, 3.8) is 0 Å². The highest BCUT2D eigenvalue weighted by Crippen LogP contribution is 2.17. The zero-order valence-corrected chi connectivity index (χ0v) is 13.3. The lowest BCUT2D eigenvalue weighted by Gasteiger charge is -2.05. The fourth-order valence-electron chi connectivity index (χ4n) is 1.46. The van der Waals surface area contributed by atoms with Crippen molar-refractivity contribution in [3.8, 4) is 0 Å². The van der Waals surface area contributed by atoms with E-state index in [2.05, 4.69) is 31.8 Å². The maximum absolute atomic E-state index is 11.6. The van der Waals surface area contributed by atoms with Gasteiger partial charge in [-0.25, -0.2) is 5.43 Å². The minimum Gasteiger partial charge on any atom is -0.376 e. The van der Waals surface area contributed by atoms with Gasteiger partial charge in [0.15, 0.2) is 0 Å². The summed E-state index contributed by atoms with van der Waals surface area (Å²) in [6.07, 6.45) is 1.62. The van der Waals surface area contributed by atoms with Crippen molar-refractivity contribution in [2.45, 2.75) is 6.92 Å². The van der Waals surface area contributed by atoms with E-state index in [0.29, 0.717) is 0 Å². The Kier molecular flexibility index (Phi) is 5.31. The third-order valence-electron chi connectivity index (χ3n) is 2.47. The Bertz CT molecular complexity index is 607. The number of carbonyl (C=O) groups excluding carboxylic acids is 1. The monoisotopic (exact) mass is 351 g/mol. The zero-order chi connectivity index (χ0) is 14.4. The molecule has 1 aromatic heterocycles. The molecule has 20 heavy (non-hydrogen) atoms. The third-order valence-corrected chi connectivity index (χ3v) is 4.10. The first kappa shape index (κ1) is 14.7. The topological polar surface area (TPSA) is 53.5 Å². The predicted octanol–water partition coefficient (Wildman–Crippen LogP) is 3.38. The Labute approximate surface area is 130 Å². The van der Waals surface area contributed by atoms with Crippen molar-refractivity contribution in [3.05, 3.63) is 50.6 Å². The summed E-state index contributed by atoms with van der Waals surface area (Å²) in [6.45, 7) is 2.21. The van der Waals surface area contributed by atoms with E-state index in [0.717, 1.165) is 15.0 Å². The van der Waals surface area contributed by atoms with Crippen LogP contribution in [0.2, 0.25) is 0 Å². The molecule has 0 atom stereocenters. The van der Waals surface area contributed by atoms with Gasteiger partial charge in [-0.05, 0) is 41.1 Å². The van der Waals surface area contributed by atoms with Crippen molar-refractivity contribution in [2.75, 3.05) is 11.9 Å². The number of carbonyl (C=O) groups is 1. The summed E-state index contributed by atoms with van der Waals surface area (Å²) in [7, 11) is 0. The fourth-order valence-corrected chi connectivity index (χ4v) is 2.76. The average Bonchev–Trinajstić information content (AvgIpc) is 2.84. The number of rotatable bonds is 5. The smallest absolute Gasteiger partial charge is 0.259 e. The van der Waals surface area contributed by atoms with Crippen LogP contribution in [0, 0.1) is 6.92 Å². The molecule has 6 heteroatoms. The van der Waals surface area contributed by atoms with Crippen LogP contribution in [-0.2, 0) is 4.79 Å². The summed E-state index contributed by atoms with van der Waals surface area (Å²) in [5.74, 6) is -0.183.